The van der Waals surface area contributed by atoms with E-state index in [2.05, 4.69) is 16.4 Å². The number of fused-ring (bicyclic) bond motifs is 1. The van der Waals surface area contributed by atoms with Gasteiger partial charge in [0.1, 0.15) is 11.3 Å². The molecule has 1 aromatic heterocycles. The summed E-state index contributed by atoms with van der Waals surface area (Å²) in [6, 6.07) is 10.1. The van der Waals surface area contributed by atoms with Crippen LogP contribution in [0.2, 0.25) is 0 Å². The van der Waals surface area contributed by atoms with E-state index in [9.17, 15) is 5.11 Å². The highest BCUT2D eigenvalue weighted by Crippen LogP contribution is 2.31. The highest BCUT2D eigenvalue weighted by atomic mass is 127. The fraction of sp³-hybridized carbons (Fsp3) is 0.500. The lowest BCUT2D eigenvalue weighted by Crippen LogP contribution is -2.43. The van der Waals surface area contributed by atoms with Crippen molar-refractivity contribution in [2.45, 2.75) is 38.3 Å². The average molecular weight is 443 g/mol. The molecule has 2 aromatic rings. The van der Waals surface area contributed by atoms with Gasteiger partial charge in [0, 0.05) is 19.0 Å². The molecule has 0 aliphatic heterocycles. The van der Waals surface area contributed by atoms with Crippen LogP contribution in [0.5, 0.6) is 0 Å². The van der Waals surface area contributed by atoms with Gasteiger partial charge in [0.05, 0.1) is 18.7 Å². The van der Waals surface area contributed by atoms with E-state index in [-0.39, 0.29) is 24.0 Å². The Hall–Kier alpha value is -1.28. The number of hydrogen-bond acceptors (Lipinski definition) is 3. The Kier molecular flexibility index (Phi) is 6.51. The monoisotopic (exact) mass is 443 g/mol. The van der Waals surface area contributed by atoms with Gasteiger partial charge >= 0.3 is 0 Å². The Bertz CT molecular complexity index is 661. The molecule has 0 amide bonds. The molecule has 6 heteroatoms. The van der Waals surface area contributed by atoms with Crippen LogP contribution >= 0.6 is 24.0 Å². The van der Waals surface area contributed by atoms with E-state index >= 15 is 0 Å². The van der Waals surface area contributed by atoms with E-state index in [0.29, 0.717) is 13.1 Å². The molecule has 1 aromatic carbocycles. The van der Waals surface area contributed by atoms with E-state index in [1.807, 2.05) is 43.1 Å². The third-order valence-corrected chi connectivity index (χ3v) is 4.37. The molecule has 3 rings (SSSR count). The van der Waals surface area contributed by atoms with Crippen molar-refractivity contribution >= 4 is 40.9 Å². The number of aliphatic imine (C=N–C) groups is 1. The number of benzene rings is 1. The molecule has 5 nitrogen and oxygen atoms in total. The molecule has 1 saturated carbocycles. The minimum Gasteiger partial charge on any atom is -0.459 e. The van der Waals surface area contributed by atoms with Crippen LogP contribution < -0.4 is 5.32 Å². The highest BCUT2D eigenvalue weighted by molar-refractivity contribution is 14.0. The number of guanidine groups is 1. The summed E-state index contributed by atoms with van der Waals surface area (Å²) in [6.07, 6.45) is 2.80. The van der Waals surface area contributed by atoms with Crippen molar-refractivity contribution in [2.75, 3.05) is 20.1 Å². The van der Waals surface area contributed by atoms with Gasteiger partial charge in [-0.15, -0.1) is 24.0 Å². The second-order valence-corrected chi connectivity index (χ2v) is 6.35. The zero-order valence-corrected chi connectivity index (χ0v) is 16.6. The van der Waals surface area contributed by atoms with Gasteiger partial charge in [-0.3, -0.25) is 4.99 Å². The van der Waals surface area contributed by atoms with Crippen LogP contribution in [0.3, 0.4) is 0 Å². The normalized spacial score (nSPS) is 16.4. The van der Waals surface area contributed by atoms with Gasteiger partial charge < -0.3 is 19.7 Å². The van der Waals surface area contributed by atoms with Crippen molar-refractivity contribution in [1.29, 1.82) is 0 Å². The smallest absolute Gasteiger partial charge is 0.194 e. The fourth-order valence-corrected chi connectivity index (χ4v) is 2.86. The molecule has 24 heavy (non-hydrogen) atoms. The molecule has 0 saturated heterocycles. The number of hydrogen-bond donors (Lipinski definition) is 2. The Morgan fingerprint density at radius 2 is 2.12 bits per heavy atom. The lowest BCUT2D eigenvalue weighted by Gasteiger charge is -2.35. The van der Waals surface area contributed by atoms with Crippen molar-refractivity contribution in [3.63, 3.8) is 0 Å². The van der Waals surface area contributed by atoms with Crippen LogP contribution in [0.1, 0.15) is 31.9 Å². The van der Waals surface area contributed by atoms with Crippen molar-refractivity contribution < 1.29 is 9.52 Å². The van der Waals surface area contributed by atoms with E-state index < -0.39 is 5.60 Å². The first-order valence-electron chi connectivity index (χ1n) is 8.29. The van der Waals surface area contributed by atoms with Crippen molar-refractivity contribution in [1.82, 2.24) is 10.2 Å². The van der Waals surface area contributed by atoms with E-state index in [4.69, 9.17) is 4.42 Å². The maximum atomic E-state index is 10.2. The number of furan rings is 1. The molecule has 0 bridgehead atoms. The quantitative estimate of drug-likeness (QED) is 0.423. The molecule has 132 valence electrons. The number of nitrogens with one attached hydrogen (secondary N) is 1. The van der Waals surface area contributed by atoms with Crippen LogP contribution in [0, 0.1) is 0 Å². The Morgan fingerprint density at radius 1 is 1.38 bits per heavy atom. The summed E-state index contributed by atoms with van der Waals surface area (Å²) in [5.41, 5.74) is 0.308. The van der Waals surface area contributed by atoms with Gasteiger partial charge in [-0.1, -0.05) is 18.2 Å². The molecule has 0 atom stereocenters. The molecule has 0 unspecified atom stereocenters. The molecular formula is C18H26IN3O2. The zero-order valence-electron chi connectivity index (χ0n) is 14.3. The standard InChI is InChI=1S/C18H25N3O2.HI/c1-3-19-17(20-13-18(22)9-6-10-18)21(2)12-15-11-14-7-4-5-8-16(14)23-15;/h4-5,7-8,11,22H,3,6,9-10,12-13H2,1-2H3,(H,19,20);1H. The zero-order chi connectivity index (χ0) is 16.3. The van der Waals surface area contributed by atoms with Crippen LogP contribution in [-0.2, 0) is 6.54 Å². The van der Waals surface area contributed by atoms with E-state index in [1.54, 1.807) is 0 Å². The third-order valence-electron chi connectivity index (χ3n) is 4.37. The van der Waals surface area contributed by atoms with Gasteiger partial charge in [-0.05, 0) is 38.3 Å². The molecule has 0 spiro atoms. The average Bonchev–Trinajstić information content (AvgIpc) is 2.91. The SMILES string of the molecule is CCNC(=NCC1(O)CCC1)N(C)Cc1cc2ccccc2o1.I. The molecule has 2 N–H and O–H groups in total. The van der Waals surface area contributed by atoms with Gasteiger partial charge in [0.2, 0.25) is 0 Å². The number of rotatable bonds is 5. The summed E-state index contributed by atoms with van der Waals surface area (Å²) in [5, 5.41) is 14.6. The van der Waals surface area contributed by atoms with E-state index in [0.717, 1.165) is 48.5 Å². The minimum absolute atomic E-state index is 0. The Labute approximate surface area is 160 Å². The fourth-order valence-electron chi connectivity index (χ4n) is 2.86. The predicted molar refractivity (Wildman–Crippen MR) is 108 cm³/mol. The third kappa shape index (κ3) is 4.42. The van der Waals surface area contributed by atoms with Crippen LogP contribution in [0.4, 0.5) is 0 Å². The molecule has 1 fully saturated rings. The second-order valence-electron chi connectivity index (χ2n) is 6.35. The van der Waals surface area contributed by atoms with Gasteiger partial charge in [-0.2, -0.15) is 0 Å². The first-order valence-corrected chi connectivity index (χ1v) is 8.29. The summed E-state index contributed by atoms with van der Waals surface area (Å²) < 4.78 is 5.87. The first-order chi connectivity index (χ1) is 11.1. The molecular weight excluding hydrogens is 417 g/mol. The Balaban J connectivity index is 0.00000208. The molecule has 1 aliphatic carbocycles. The Morgan fingerprint density at radius 3 is 2.75 bits per heavy atom. The number of aliphatic hydroxyl groups is 1. The second kappa shape index (κ2) is 8.20. The first kappa shape index (κ1) is 19.1. The van der Waals surface area contributed by atoms with Crippen molar-refractivity contribution in [3.8, 4) is 0 Å². The molecule has 1 heterocycles. The lowest BCUT2D eigenvalue weighted by atomic mass is 9.80. The van der Waals surface area contributed by atoms with E-state index in [1.165, 1.54) is 0 Å². The number of halogens is 1. The molecule has 1 aliphatic rings. The molecule has 0 radical (unpaired) electrons. The van der Waals surface area contributed by atoms with Crippen LogP contribution in [0.25, 0.3) is 11.0 Å². The van der Waals surface area contributed by atoms with Crippen LogP contribution in [-0.4, -0.2) is 41.7 Å². The predicted octanol–water partition coefficient (Wildman–Crippen LogP) is 3.36. The van der Waals surface area contributed by atoms with Gasteiger partial charge in [-0.25, -0.2) is 0 Å². The summed E-state index contributed by atoms with van der Waals surface area (Å²) in [4.78, 5) is 6.63. The summed E-state index contributed by atoms with van der Waals surface area (Å²) in [5.74, 6) is 1.70. The minimum atomic E-state index is -0.596. The van der Waals surface area contributed by atoms with Crippen LogP contribution in [0.15, 0.2) is 39.7 Å². The lowest BCUT2D eigenvalue weighted by molar-refractivity contribution is -0.0237. The largest absolute Gasteiger partial charge is 0.459 e. The van der Waals surface area contributed by atoms with Gasteiger partial charge in [0.15, 0.2) is 5.96 Å². The van der Waals surface area contributed by atoms with Crippen molar-refractivity contribution in [3.05, 3.63) is 36.1 Å². The summed E-state index contributed by atoms with van der Waals surface area (Å²) in [6.45, 7) is 3.93. The topological polar surface area (TPSA) is 61.0 Å². The maximum Gasteiger partial charge on any atom is 0.194 e. The maximum absolute atomic E-state index is 10.2. The summed E-state index contributed by atoms with van der Waals surface area (Å²) in [7, 11) is 1.99. The summed E-state index contributed by atoms with van der Waals surface area (Å²) >= 11 is 0. The number of nitrogens with zero attached hydrogens (tertiary/aromatic N) is 2. The highest BCUT2D eigenvalue weighted by Gasteiger charge is 2.34. The van der Waals surface area contributed by atoms with Crippen molar-refractivity contribution in [2.24, 2.45) is 4.99 Å². The number of para-hydroxylation sites is 1. The van der Waals surface area contributed by atoms with Gasteiger partial charge in [0.25, 0.3) is 0 Å².